The van der Waals surface area contributed by atoms with Gasteiger partial charge in [0.1, 0.15) is 17.3 Å². The SMILES string of the molecule is CC(C)C(=O)NCCNC(=O)c1csc(COc2ccccc2F)n1. The Morgan fingerprint density at radius 1 is 1.24 bits per heavy atom. The Morgan fingerprint density at radius 3 is 2.68 bits per heavy atom. The van der Waals surface area contributed by atoms with Gasteiger partial charge < -0.3 is 15.4 Å². The number of hydrogen-bond acceptors (Lipinski definition) is 5. The van der Waals surface area contributed by atoms with Crippen LogP contribution in [0, 0.1) is 11.7 Å². The molecule has 1 heterocycles. The number of carbonyl (C=O) groups excluding carboxylic acids is 2. The summed E-state index contributed by atoms with van der Waals surface area (Å²) in [4.78, 5) is 27.6. The molecular weight excluding hydrogens is 345 g/mol. The van der Waals surface area contributed by atoms with Gasteiger partial charge in [-0.1, -0.05) is 26.0 Å². The molecule has 6 nitrogen and oxygen atoms in total. The maximum Gasteiger partial charge on any atom is 0.270 e. The van der Waals surface area contributed by atoms with Gasteiger partial charge in [0.05, 0.1) is 0 Å². The molecule has 2 rings (SSSR count). The molecule has 0 radical (unpaired) electrons. The van der Waals surface area contributed by atoms with Crippen molar-refractivity contribution in [2.75, 3.05) is 13.1 Å². The van der Waals surface area contributed by atoms with Gasteiger partial charge in [0.15, 0.2) is 11.6 Å². The van der Waals surface area contributed by atoms with Crippen molar-refractivity contribution in [1.82, 2.24) is 15.6 Å². The Morgan fingerprint density at radius 2 is 1.96 bits per heavy atom. The molecule has 0 unspecified atom stereocenters. The third-order valence-electron chi connectivity index (χ3n) is 3.21. The molecule has 2 amide bonds. The van der Waals surface area contributed by atoms with Crippen molar-refractivity contribution in [3.8, 4) is 5.75 Å². The Balaban J connectivity index is 1.77. The molecule has 1 aromatic heterocycles. The quantitative estimate of drug-likeness (QED) is 0.704. The molecule has 0 bridgehead atoms. The fourth-order valence-corrected chi connectivity index (χ4v) is 2.52. The molecule has 8 heteroatoms. The Hall–Kier alpha value is -2.48. The number of aromatic nitrogens is 1. The smallest absolute Gasteiger partial charge is 0.270 e. The van der Waals surface area contributed by atoms with Crippen LogP contribution in [-0.2, 0) is 11.4 Å². The number of thiazole rings is 1. The molecule has 0 atom stereocenters. The molecule has 0 fully saturated rings. The first-order valence-electron chi connectivity index (χ1n) is 7.85. The van der Waals surface area contributed by atoms with Crippen molar-refractivity contribution in [2.45, 2.75) is 20.5 Å². The van der Waals surface area contributed by atoms with E-state index in [0.717, 1.165) is 0 Å². The Labute approximate surface area is 149 Å². The van der Waals surface area contributed by atoms with E-state index >= 15 is 0 Å². The van der Waals surface area contributed by atoms with E-state index in [0.29, 0.717) is 18.1 Å². The van der Waals surface area contributed by atoms with Gasteiger partial charge in [-0.2, -0.15) is 0 Å². The zero-order valence-electron chi connectivity index (χ0n) is 14.0. The highest BCUT2D eigenvalue weighted by Crippen LogP contribution is 2.18. The number of nitrogens with zero attached hydrogens (tertiary/aromatic N) is 1. The maximum absolute atomic E-state index is 13.5. The molecule has 0 spiro atoms. The van der Waals surface area contributed by atoms with Crippen LogP contribution in [0.4, 0.5) is 4.39 Å². The largest absolute Gasteiger partial charge is 0.483 e. The predicted octanol–water partition coefficient (Wildman–Crippen LogP) is 2.36. The van der Waals surface area contributed by atoms with E-state index in [-0.39, 0.29) is 35.8 Å². The predicted molar refractivity (Wildman–Crippen MR) is 93.0 cm³/mol. The number of hydrogen-bond donors (Lipinski definition) is 2. The molecule has 134 valence electrons. The van der Waals surface area contributed by atoms with E-state index in [1.165, 1.54) is 23.5 Å². The lowest BCUT2D eigenvalue weighted by Crippen LogP contribution is -2.36. The summed E-state index contributed by atoms with van der Waals surface area (Å²) < 4.78 is 18.8. The third kappa shape index (κ3) is 5.82. The lowest BCUT2D eigenvalue weighted by molar-refractivity contribution is -0.123. The monoisotopic (exact) mass is 365 g/mol. The molecule has 2 N–H and O–H groups in total. The lowest BCUT2D eigenvalue weighted by atomic mass is 10.2. The lowest BCUT2D eigenvalue weighted by Gasteiger charge is -2.08. The molecule has 1 aromatic carbocycles. The zero-order valence-corrected chi connectivity index (χ0v) is 14.9. The second-order valence-corrected chi connectivity index (χ2v) is 6.49. The van der Waals surface area contributed by atoms with E-state index in [1.807, 2.05) is 0 Å². The number of nitrogens with one attached hydrogen (secondary N) is 2. The normalized spacial score (nSPS) is 10.6. The minimum Gasteiger partial charge on any atom is -0.483 e. The van der Waals surface area contributed by atoms with Gasteiger partial charge in [0, 0.05) is 24.4 Å². The van der Waals surface area contributed by atoms with Crippen molar-refractivity contribution >= 4 is 23.2 Å². The average Bonchev–Trinajstić information content (AvgIpc) is 3.06. The first-order valence-corrected chi connectivity index (χ1v) is 8.73. The number of benzene rings is 1. The van der Waals surface area contributed by atoms with Gasteiger partial charge in [-0.3, -0.25) is 9.59 Å². The second-order valence-electron chi connectivity index (χ2n) is 5.55. The Kier molecular flexibility index (Phi) is 6.88. The Bertz CT molecular complexity index is 733. The van der Waals surface area contributed by atoms with Gasteiger partial charge in [0.25, 0.3) is 5.91 Å². The van der Waals surface area contributed by atoms with Crippen molar-refractivity contribution in [3.63, 3.8) is 0 Å². The highest BCUT2D eigenvalue weighted by molar-refractivity contribution is 7.09. The molecular formula is C17H20FN3O3S. The van der Waals surface area contributed by atoms with Crippen LogP contribution in [0.1, 0.15) is 29.3 Å². The van der Waals surface area contributed by atoms with Crippen molar-refractivity contribution in [1.29, 1.82) is 0 Å². The summed E-state index contributed by atoms with van der Waals surface area (Å²) in [6, 6.07) is 6.10. The van der Waals surface area contributed by atoms with E-state index in [4.69, 9.17) is 4.74 Å². The van der Waals surface area contributed by atoms with Crippen LogP contribution < -0.4 is 15.4 Å². The first-order chi connectivity index (χ1) is 12.0. The van der Waals surface area contributed by atoms with Crippen LogP contribution in [-0.4, -0.2) is 29.9 Å². The highest BCUT2D eigenvalue weighted by atomic mass is 32.1. The highest BCUT2D eigenvalue weighted by Gasteiger charge is 2.12. The van der Waals surface area contributed by atoms with E-state index < -0.39 is 5.82 Å². The van der Waals surface area contributed by atoms with Crippen LogP contribution in [0.25, 0.3) is 0 Å². The molecule has 2 aromatic rings. The van der Waals surface area contributed by atoms with E-state index in [1.54, 1.807) is 31.4 Å². The maximum atomic E-state index is 13.5. The minimum absolute atomic E-state index is 0.0597. The van der Waals surface area contributed by atoms with Crippen LogP contribution in [0.3, 0.4) is 0 Å². The number of carbonyl (C=O) groups is 2. The summed E-state index contributed by atoms with van der Waals surface area (Å²) in [7, 11) is 0. The van der Waals surface area contributed by atoms with Gasteiger partial charge in [-0.05, 0) is 12.1 Å². The molecule has 0 aliphatic carbocycles. The molecule has 0 aliphatic heterocycles. The van der Waals surface area contributed by atoms with E-state index in [2.05, 4.69) is 15.6 Å². The van der Waals surface area contributed by atoms with E-state index in [9.17, 15) is 14.0 Å². The topological polar surface area (TPSA) is 80.3 Å². The van der Waals surface area contributed by atoms with Crippen LogP contribution >= 0.6 is 11.3 Å². The first kappa shape index (κ1) is 18.9. The van der Waals surface area contributed by atoms with Gasteiger partial charge in [-0.15, -0.1) is 11.3 Å². The van der Waals surface area contributed by atoms with Gasteiger partial charge >= 0.3 is 0 Å². The summed E-state index contributed by atoms with van der Waals surface area (Å²) >= 11 is 1.26. The molecule has 0 saturated carbocycles. The summed E-state index contributed by atoms with van der Waals surface area (Å²) in [5, 5.41) is 7.57. The average molecular weight is 365 g/mol. The van der Waals surface area contributed by atoms with Crippen LogP contribution in [0.2, 0.25) is 0 Å². The van der Waals surface area contributed by atoms with Gasteiger partial charge in [-0.25, -0.2) is 9.37 Å². The zero-order chi connectivity index (χ0) is 18.2. The number of para-hydroxylation sites is 1. The minimum atomic E-state index is -0.444. The summed E-state index contributed by atoms with van der Waals surface area (Å²) in [5.41, 5.74) is 0.271. The van der Waals surface area contributed by atoms with Crippen LogP contribution in [0.15, 0.2) is 29.6 Å². The number of ether oxygens (including phenoxy) is 1. The summed E-state index contributed by atoms with van der Waals surface area (Å²) in [6.45, 7) is 4.36. The molecule has 0 saturated heterocycles. The standard InChI is InChI=1S/C17H20FN3O3S/c1-11(2)16(22)19-7-8-20-17(23)13-10-25-15(21-13)9-24-14-6-4-3-5-12(14)18/h3-6,10-11H,7-9H2,1-2H3,(H,19,22)(H,20,23). The fraction of sp³-hybridized carbons (Fsp3) is 0.353. The second kappa shape index (κ2) is 9.12. The summed E-state index contributed by atoms with van der Waals surface area (Å²) in [6.07, 6.45) is 0. The van der Waals surface area contributed by atoms with Crippen molar-refractivity contribution in [3.05, 3.63) is 46.2 Å². The third-order valence-corrected chi connectivity index (χ3v) is 4.03. The van der Waals surface area contributed by atoms with Crippen molar-refractivity contribution in [2.24, 2.45) is 5.92 Å². The number of halogens is 1. The van der Waals surface area contributed by atoms with Gasteiger partial charge in [0.2, 0.25) is 5.91 Å². The number of amides is 2. The number of rotatable bonds is 8. The van der Waals surface area contributed by atoms with Crippen LogP contribution in [0.5, 0.6) is 5.75 Å². The summed E-state index contributed by atoms with van der Waals surface area (Å²) in [5.74, 6) is -0.779. The fourth-order valence-electron chi connectivity index (χ4n) is 1.84. The molecule has 0 aliphatic rings. The molecule has 25 heavy (non-hydrogen) atoms. The van der Waals surface area contributed by atoms with Crippen molar-refractivity contribution < 1.29 is 18.7 Å².